The number of H-pyrrole nitrogens is 1. The van der Waals surface area contributed by atoms with E-state index < -0.39 is 29.9 Å². The van der Waals surface area contributed by atoms with Crippen LogP contribution in [-0.4, -0.2) is 55.3 Å². The number of allylic oxidation sites excluding steroid dienone is 1. The van der Waals surface area contributed by atoms with Crippen molar-refractivity contribution in [3.8, 4) is 5.75 Å². The van der Waals surface area contributed by atoms with Gasteiger partial charge < -0.3 is 25.1 Å². The van der Waals surface area contributed by atoms with Crippen LogP contribution in [0.1, 0.15) is 44.1 Å². The van der Waals surface area contributed by atoms with Crippen LogP contribution in [0.5, 0.6) is 5.75 Å². The van der Waals surface area contributed by atoms with Crippen molar-refractivity contribution in [1.82, 2.24) is 15.6 Å². The highest BCUT2D eigenvalue weighted by molar-refractivity contribution is 6.01. The van der Waals surface area contributed by atoms with Gasteiger partial charge in [-0.25, -0.2) is 4.79 Å². The van der Waals surface area contributed by atoms with Gasteiger partial charge in [0.2, 0.25) is 5.91 Å². The molecule has 0 spiro atoms. The highest BCUT2D eigenvalue weighted by atomic mass is 16.5. The molecule has 3 N–H and O–H groups in total. The van der Waals surface area contributed by atoms with Gasteiger partial charge in [0.25, 0.3) is 5.91 Å². The van der Waals surface area contributed by atoms with Crippen molar-refractivity contribution in [2.75, 3.05) is 14.2 Å². The van der Waals surface area contributed by atoms with Crippen molar-refractivity contribution in [2.45, 2.75) is 45.7 Å². The number of aromatic nitrogens is 1. The lowest BCUT2D eigenvalue weighted by atomic mass is 10.0. The molecule has 188 valence electrons. The molecule has 0 fully saturated rings. The quantitative estimate of drug-likeness (QED) is 0.316. The third kappa shape index (κ3) is 7.84. The number of carbonyl (C=O) groups excluding carboxylic acids is 3. The molecule has 1 aromatic carbocycles. The number of hydrogen-bond donors (Lipinski definition) is 3. The Hall–Kier alpha value is -3.88. The number of carbonyl (C=O) groups is 3. The van der Waals surface area contributed by atoms with Crippen LogP contribution in [0.3, 0.4) is 0 Å². The molecular formula is C26H34N4O5. The van der Waals surface area contributed by atoms with Crippen molar-refractivity contribution in [3.05, 3.63) is 54.4 Å². The summed E-state index contributed by atoms with van der Waals surface area (Å²) in [5.74, 6) is -0.811. The van der Waals surface area contributed by atoms with Gasteiger partial charge in [0, 0.05) is 29.7 Å². The Morgan fingerprint density at radius 3 is 2.54 bits per heavy atom. The first kappa shape index (κ1) is 27.4. The molecule has 1 aromatic heterocycles. The SMILES string of the molecule is C=C(/C=N\C=C/C)C[C@H](NC(=O)[C@H](CC(C)C)NC(=O)c1cc2c(OC)cccc2[nH]1)C(=O)OC. The van der Waals surface area contributed by atoms with Crippen molar-refractivity contribution in [3.63, 3.8) is 0 Å². The first-order valence-corrected chi connectivity index (χ1v) is 11.4. The van der Waals surface area contributed by atoms with E-state index in [9.17, 15) is 14.4 Å². The third-order valence-electron chi connectivity index (χ3n) is 5.18. The molecular weight excluding hydrogens is 448 g/mol. The van der Waals surface area contributed by atoms with Gasteiger partial charge in [-0.1, -0.05) is 32.6 Å². The average molecular weight is 483 g/mol. The summed E-state index contributed by atoms with van der Waals surface area (Å²) >= 11 is 0. The number of aliphatic imine (C=N–C) groups is 1. The summed E-state index contributed by atoms with van der Waals surface area (Å²) in [6, 6.07) is 5.29. The summed E-state index contributed by atoms with van der Waals surface area (Å²) in [6.07, 6.45) is 5.35. The summed E-state index contributed by atoms with van der Waals surface area (Å²) in [5, 5.41) is 6.24. The van der Waals surface area contributed by atoms with Gasteiger partial charge in [-0.2, -0.15) is 0 Å². The number of fused-ring (bicyclic) bond motifs is 1. The first-order valence-electron chi connectivity index (χ1n) is 11.4. The number of rotatable bonds is 12. The Labute approximate surface area is 205 Å². The molecule has 0 bridgehead atoms. The molecule has 2 atom stereocenters. The predicted molar refractivity (Wildman–Crippen MR) is 137 cm³/mol. The zero-order chi connectivity index (χ0) is 26.0. The maximum atomic E-state index is 13.2. The van der Waals surface area contributed by atoms with E-state index in [1.54, 1.807) is 31.5 Å². The molecule has 0 aliphatic rings. The molecule has 0 saturated heterocycles. The van der Waals surface area contributed by atoms with Crippen molar-refractivity contribution in [1.29, 1.82) is 0 Å². The second kappa shape index (κ2) is 13.1. The second-order valence-electron chi connectivity index (χ2n) is 8.47. The minimum absolute atomic E-state index is 0.105. The van der Waals surface area contributed by atoms with Crippen LogP contribution in [0.2, 0.25) is 0 Å². The van der Waals surface area contributed by atoms with Crippen molar-refractivity contribution in [2.24, 2.45) is 10.9 Å². The molecule has 2 rings (SSSR count). The maximum Gasteiger partial charge on any atom is 0.328 e. The average Bonchev–Trinajstić information content (AvgIpc) is 3.27. The highest BCUT2D eigenvalue weighted by Crippen LogP contribution is 2.26. The number of methoxy groups -OCH3 is 2. The fourth-order valence-corrected chi connectivity index (χ4v) is 3.52. The lowest BCUT2D eigenvalue weighted by molar-refractivity contribution is -0.145. The molecule has 0 saturated carbocycles. The van der Waals surface area contributed by atoms with Crippen LogP contribution < -0.4 is 15.4 Å². The Kier molecular flexibility index (Phi) is 10.3. The van der Waals surface area contributed by atoms with E-state index in [-0.39, 0.29) is 12.3 Å². The van der Waals surface area contributed by atoms with E-state index in [2.05, 4.69) is 27.2 Å². The van der Waals surface area contributed by atoms with Crippen LogP contribution in [0.4, 0.5) is 0 Å². The van der Waals surface area contributed by atoms with Gasteiger partial charge in [0.15, 0.2) is 0 Å². The lowest BCUT2D eigenvalue weighted by Gasteiger charge is -2.23. The van der Waals surface area contributed by atoms with Crippen LogP contribution in [-0.2, 0) is 14.3 Å². The zero-order valence-electron chi connectivity index (χ0n) is 20.9. The standard InChI is InChI=1S/C26H34N4O5/c1-7-11-27-15-17(4)13-22(26(33)35-6)30-24(31)20(12-16(2)3)29-25(32)21-14-18-19(28-21)9-8-10-23(18)34-5/h7-11,14-16,20,22,28H,4,12-13H2,1-3,5-6H3,(H,29,32)(H,30,31)/b11-7-,27-15-/t20-,22-/m0/s1. The Balaban J connectivity index is 2.20. The number of esters is 1. The molecule has 2 aromatic rings. The van der Waals surface area contributed by atoms with E-state index in [1.807, 2.05) is 32.9 Å². The number of amides is 2. The van der Waals surface area contributed by atoms with E-state index in [4.69, 9.17) is 9.47 Å². The molecule has 9 heteroatoms. The number of nitrogens with one attached hydrogen (secondary N) is 3. The fraction of sp³-hybridized carbons (Fsp3) is 0.385. The monoisotopic (exact) mass is 482 g/mol. The first-order chi connectivity index (χ1) is 16.7. The Morgan fingerprint density at radius 1 is 1.17 bits per heavy atom. The summed E-state index contributed by atoms with van der Waals surface area (Å²) in [5.41, 5.74) is 1.57. The maximum absolute atomic E-state index is 13.2. The molecule has 1 heterocycles. The number of aromatic amines is 1. The van der Waals surface area contributed by atoms with Gasteiger partial charge in [-0.05, 0) is 43.0 Å². The third-order valence-corrected chi connectivity index (χ3v) is 5.18. The zero-order valence-corrected chi connectivity index (χ0v) is 20.9. The van der Waals surface area contributed by atoms with E-state index in [0.717, 1.165) is 10.9 Å². The largest absolute Gasteiger partial charge is 0.496 e. The topological polar surface area (TPSA) is 122 Å². The minimum atomic E-state index is -0.971. The molecule has 2 amide bonds. The minimum Gasteiger partial charge on any atom is -0.496 e. The van der Waals surface area contributed by atoms with E-state index in [0.29, 0.717) is 23.4 Å². The van der Waals surface area contributed by atoms with E-state index >= 15 is 0 Å². The van der Waals surface area contributed by atoms with Gasteiger partial charge >= 0.3 is 5.97 Å². The molecule has 9 nitrogen and oxygen atoms in total. The van der Waals surface area contributed by atoms with Gasteiger partial charge in [0.05, 0.1) is 14.2 Å². The predicted octanol–water partition coefficient (Wildman–Crippen LogP) is 3.53. The van der Waals surface area contributed by atoms with Crippen molar-refractivity contribution < 1.29 is 23.9 Å². The van der Waals surface area contributed by atoms with Crippen LogP contribution in [0, 0.1) is 5.92 Å². The van der Waals surface area contributed by atoms with Crippen LogP contribution >= 0.6 is 0 Å². The number of hydrogen-bond acceptors (Lipinski definition) is 6. The smallest absolute Gasteiger partial charge is 0.328 e. The Bertz CT molecular complexity index is 1120. The van der Waals surface area contributed by atoms with Gasteiger partial charge in [-0.15, -0.1) is 0 Å². The summed E-state index contributed by atoms with van der Waals surface area (Å²) < 4.78 is 10.2. The molecule has 0 radical (unpaired) electrons. The molecule has 0 aliphatic carbocycles. The fourth-order valence-electron chi connectivity index (χ4n) is 3.52. The number of nitrogens with zero attached hydrogens (tertiary/aromatic N) is 1. The number of benzene rings is 1. The highest BCUT2D eigenvalue weighted by Gasteiger charge is 2.29. The Morgan fingerprint density at radius 2 is 1.91 bits per heavy atom. The summed E-state index contributed by atoms with van der Waals surface area (Å²) in [4.78, 5) is 45.6. The van der Waals surface area contributed by atoms with Crippen LogP contribution in [0.15, 0.2) is 53.7 Å². The van der Waals surface area contributed by atoms with Crippen molar-refractivity contribution >= 4 is 34.9 Å². The lowest BCUT2D eigenvalue weighted by Crippen LogP contribution is -2.52. The van der Waals surface area contributed by atoms with E-state index in [1.165, 1.54) is 13.3 Å². The van der Waals surface area contributed by atoms with Gasteiger partial charge in [0.1, 0.15) is 23.5 Å². The normalized spacial score (nSPS) is 13.2. The van der Waals surface area contributed by atoms with Crippen LogP contribution in [0.25, 0.3) is 10.9 Å². The summed E-state index contributed by atoms with van der Waals surface area (Å²) in [7, 11) is 2.80. The second-order valence-corrected chi connectivity index (χ2v) is 8.47. The number of ether oxygens (including phenoxy) is 2. The molecule has 0 unspecified atom stereocenters. The van der Waals surface area contributed by atoms with Gasteiger partial charge in [-0.3, -0.25) is 14.6 Å². The molecule has 35 heavy (non-hydrogen) atoms. The molecule has 0 aliphatic heterocycles. The summed E-state index contributed by atoms with van der Waals surface area (Å²) in [6.45, 7) is 9.59.